The second kappa shape index (κ2) is 8.32. The molecule has 0 spiro atoms. The van der Waals surface area contributed by atoms with Crippen LogP contribution in [0.3, 0.4) is 0 Å². The van der Waals surface area contributed by atoms with Gasteiger partial charge in [0.2, 0.25) is 5.91 Å². The molecular formula is C13H19Cl2N3O2. The number of carbonyl (C=O) groups excluding carboxylic acids is 1. The Labute approximate surface area is 129 Å². The summed E-state index contributed by atoms with van der Waals surface area (Å²) in [6.45, 7) is 1.69. The summed E-state index contributed by atoms with van der Waals surface area (Å²) < 4.78 is 4.96. The van der Waals surface area contributed by atoms with E-state index in [0.717, 1.165) is 13.0 Å². The number of rotatable bonds is 7. The number of hydrogen-bond acceptors (Lipinski definition) is 4. The van der Waals surface area contributed by atoms with E-state index < -0.39 is 0 Å². The molecule has 0 aromatic heterocycles. The van der Waals surface area contributed by atoms with E-state index in [9.17, 15) is 4.79 Å². The topological polar surface area (TPSA) is 67.6 Å². The Morgan fingerprint density at radius 3 is 2.55 bits per heavy atom. The lowest BCUT2D eigenvalue weighted by atomic mass is 10.2. The van der Waals surface area contributed by atoms with Crippen LogP contribution >= 0.6 is 23.2 Å². The summed E-state index contributed by atoms with van der Waals surface area (Å²) in [5, 5.41) is 3.34. The molecule has 3 N–H and O–H groups in total. The van der Waals surface area contributed by atoms with Crippen molar-refractivity contribution >= 4 is 40.5 Å². The molecule has 0 unspecified atom stereocenters. The van der Waals surface area contributed by atoms with E-state index in [1.807, 2.05) is 11.9 Å². The SMILES string of the molecule is COCCCN(C)CC(=O)Nc1c(Cl)cc(N)cc1Cl. The average Bonchev–Trinajstić information content (AvgIpc) is 2.34. The number of nitrogen functional groups attached to an aromatic ring is 1. The lowest BCUT2D eigenvalue weighted by Crippen LogP contribution is -2.31. The van der Waals surface area contributed by atoms with E-state index >= 15 is 0 Å². The molecule has 0 heterocycles. The predicted molar refractivity (Wildman–Crippen MR) is 83.5 cm³/mol. The van der Waals surface area contributed by atoms with Gasteiger partial charge in [-0.25, -0.2) is 0 Å². The summed E-state index contributed by atoms with van der Waals surface area (Å²) in [6, 6.07) is 3.09. The van der Waals surface area contributed by atoms with Crippen molar-refractivity contribution in [3.63, 3.8) is 0 Å². The first-order valence-electron chi connectivity index (χ1n) is 6.16. The third-order valence-corrected chi connectivity index (χ3v) is 3.23. The fourth-order valence-electron chi connectivity index (χ4n) is 1.69. The molecule has 1 aromatic rings. The van der Waals surface area contributed by atoms with Gasteiger partial charge in [-0.15, -0.1) is 0 Å². The Bertz CT molecular complexity index is 446. The molecule has 0 fully saturated rings. The van der Waals surface area contributed by atoms with Gasteiger partial charge in [0.1, 0.15) is 0 Å². The fourth-order valence-corrected chi connectivity index (χ4v) is 2.29. The highest BCUT2D eigenvalue weighted by Crippen LogP contribution is 2.32. The van der Waals surface area contributed by atoms with E-state index in [1.54, 1.807) is 19.2 Å². The highest BCUT2D eigenvalue weighted by molar-refractivity contribution is 6.40. The molecule has 7 heteroatoms. The van der Waals surface area contributed by atoms with Crippen LogP contribution in [0.5, 0.6) is 0 Å². The summed E-state index contributed by atoms with van der Waals surface area (Å²) in [5.41, 5.74) is 6.45. The van der Waals surface area contributed by atoms with Crippen molar-refractivity contribution in [1.82, 2.24) is 4.90 Å². The molecular weight excluding hydrogens is 301 g/mol. The highest BCUT2D eigenvalue weighted by atomic mass is 35.5. The van der Waals surface area contributed by atoms with Gasteiger partial charge in [-0.3, -0.25) is 9.69 Å². The molecule has 0 aliphatic carbocycles. The van der Waals surface area contributed by atoms with Gasteiger partial charge in [-0.1, -0.05) is 23.2 Å². The van der Waals surface area contributed by atoms with E-state index in [1.165, 1.54) is 0 Å². The van der Waals surface area contributed by atoms with Gasteiger partial charge in [0.25, 0.3) is 0 Å². The first-order chi connectivity index (χ1) is 9.43. The number of nitrogens with two attached hydrogens (primary N) is 1. The van der Waals surface area contributed by atoms with Gasteiger partial charge < -0.3 is 15.8 Å². The first kappa shape index (κ1) is 17.0. The molecule has 0 saturated carbocycles. The number of nitrogens with one attached hydrogen (secondary N) is 1. The van der Waals surface area contributed by atoms with Gasteiger partial charge in [-0.05, 0) is 25.6 Å². The van der Waals surface area contributed by atoms with Crippen LogP contribution in [0.1, 0.15) is 6.42 Å². The van der Waals surface area contributed by atoms with Crippen molar-refractivity contribution in [3.05, 3.63) is 22.2 Å². The molecule has 0 atom stereocenters. The number of amides is 1. The van der Waals surface area contributed by atoms with Crippen LogP contribution < -0.4 is 11.1 Å². The van der Waals surface area contributed by atoms with E-state index in [4.69, 9.17) is 33.7 Å². The summed E-state index contributed by atoms with van der Waals surface area (Å²) in [7, 11) is 3.51. The number of benzene rings is 1. The molecule has 1 amide bonds. The molecule has 5 nitrogen and oxygen atoms in total. The maximum Gasteiger partial charge on any atom is 0.238 e. The van der Waals surface area contributed by atoms with E-state index in [2.05, 4.69) is 5.32 Å². The van der Waals surface area contributed by atoms with Gasteiger partial charge in [-0.2, -0.15) is 0 Å². The van der Waals surface area contributed by atoms with E-state index in [-0.39, 0.29) is 12.5 Å². The Morgan fingerprint density at radius 2 is 2.00 bits per heavy atom. The maximum absolute atomic E-state index is 11.9. The highest BCUT2D eigenvalue weighted by Gasteiger charge is 2.12. The Kier molecular flexibility index (Phi) is 7.09. The minimum Gasteiger partial charge on any atom is -0.399 e. The number of nitrogens with zero attached hydrogens (tertiary/aromatic N) is 1. The molecule has 1 aromatic carbocycles. The van der Waals surface area contributed by atoms with Crippen LogP contribution in [-0.4, -0.2) is 44.7 Å². The normalized spacial score (nSPS) is 10.8. The Morgan fingerprint density at radius 1 is 1.40 bits per heavy atom. The summed E-state index contributed by atoms with van der Waals surface area (Å²) in [5.74, 6) is -0.182. The standard InChI is InChI=1S/C13H19Cl2N3O2/c1-18(4-3-5-20-2)8-12(19)17-13-10(14)6-9(16)7-11(13)15/h6-7H,3-5,8,16H2,1-2H3,(H,17,19). The van der Waals surface area contributed by atoms with Crippen molar-refractivity contribution in [1.29, 1.82) is 0 Å². The average molecular weight is 320 g/mol. The van der Waals surface area contributed by atoms with Crippen molar-refractivity contribution in [2.24, 2.45) is 0 Å². The quantitative estimate of drug-likeness (QED) is 0.598. The number of methoxy groups -OCH3 is 1. The number of likely N-dealkylation sites (N-methyl/N-ethyl adjacent to an activating group) is 1. The zero-order valence-corrected chi connectivity index (χ0v) is 13.1. The van der Waals surface area contributed by atoms with Crippen LogP contribution in [-0.2, 0) is 9.53 Å². The number of halogens is 2. The van der Waals surface area contributed by atoms with Crippen LogP contribution in [0.15, 0.2) is 12.1 Å². The number of hydrogen-bond donors (Lipinski definition) is 2. The smallest absolute Gasteiger partial charge is 0.238 e. The Hall–Kier alpha value is -1.01. The first-order valence-corrected chi connectivity index (χ1v) is 6.91. The van der Waals surface area contributed by atoms with Gasteiger partial charge >= 0.3 is 0 Å². The van der Waals surface area contributed by atoms with Gasteiger partial charge in [0, 0.05) is 25.9 Å². The van der Waals surface area contributed by atoms with Gasteiger partial charge in [0.15, 0.2) is 0 Å². The van der Waals surface area contributed by atoms with Crippen LogP contribution in [0.25, 0.3) is 0 Å². The number of anilines is 2. The molecule has 0 aliphatic rings. The van der Waals surface area contributed by atoms with Crippen molar-refractivity contribution in [2.45, 2.75) is 6.42 Å². The van der Waals surface area contributed by atoms with Crippen LogP contribution in [0.2, 0.25) is 10.0 Å². The molecule has 0 aliphatic heterocycles. The van der Waals surface area contributed by atoms with Crippen LogP contribution in [0, 0.1) is 0 Å². The third-order valence-electron chi connectivity index (χ3n) is 2.63. The largest absolute Gasteiger partial charge is 0.399 e. The second-order valence-electron chi connectivity index (χ2n) is 4.49. The van der Waals surface area contributed by atoms with Gasteiger partial charge in [0.05, 0.1) is 22.3 Å². The Balaban J connectivity index is 2.54. The summed E-state index contributed by atoms with van der Waals surface area (Å²) in [6.07, 6.45) is 0.865. The maximum atomic E-state index is 11.9. The number of carbonyl (C=O) groups is 1. The van der Waals surface area contributed by atoms with Crippen molar-refractivity contribution < 1.29 is 9.53 Å². The van der Waals surface area contributed by atoms with Crippen molar-refractivity contribution in [3.8, 4) is 0 Å². The fraction of sp³-hybridized carbons (Fsp3) is 0.462. The molecule has 0 saturated heterocycles. The van der Waals surface area contributed by atoms with Crippen molar-refractivity contribution in [2.75, 3.05) is 44.9 Å². The van der Waals surface area contributed by atoms with Crippen LogP contribution in [0.4, 0.5) is 11.4 Å². The number of ether oxygens (including phenoxy) is 1. The zero-order valence-electron chi connectivity index (χ0n) is 11.6. The third kappa shape index (κ3) is 5.54. The molecule has 20 heavy (non-hydrogen) atoms. The lowest BCUT2D eigenvalue weighted by molar-refractivity contribution is -0.117. The minimum absolute atomic E-state index is 0.182. The predicted octanol–water partition coefficient (Wildman–Crippen LogP) is 2.48. The zero-order chi connectivity index (χ0) is 15.1. The van der Waals surface area contributed by atoms with E-state index in [0.29, 0.717) is 28.0 Å². The summed E-state index contributed by atoms with van der Waals surface area (Å²) in [4.78, 5) is 13.8. The second-order valence-corrected chi connectivity index (χ2v) is 5.31. The molecule has 1 rings (SSSR count). The summed E-state index contributed by atoms with van der Waals surface area (Å²) >= 11 is 12.0. The monoisotopic (exact) mass is 319 g/mol. The molecule has 0 bridgehead atoms. The molecule has 0 radical (unpaired) electrons. The molecule has 112 valence electrons. The lowest BCUT2D eigenvalue weighted by Gasteiger charge is -2.17. The minimum atomic E-state index is -0.182.